The average Bonchev–Trinajstić information content (AvgIpc) is 2.29. The molecular formula is C13H9O2. The van der Waals surface area contributed by atoms with Gasteiger partial charge in [0, 0.05) is 12.1 Å². The molecule has 0 aliphatic heterocycles. The van der Waals surface area contributed by atoms with Gasteiger partial charge in [-0.3, -0.25) is 0 Å². The smallest absolute Gasteiger partial charge is 0.335 e. The van der Waals surface area contributed by atoms with Gasteiger partial charge in [-0.25, -0.2) is 4.79 Å². The summed E-state index contributed by atoms with van der Waals surface area (Å²) < 4.78 is 4.96. The maximum Gasteiger partial charge on any atom is 0.335 e. The van der Waals surface area contributed by atoms with E-state index in [1.54, 1.807) is 6.07 Å². The van der Waals surface area contributed by atoms with Crippen molar-refractivity contribution in [2.24, 2.45) is 0 Å². The molecule has 73 valence electrons. The molecule has 0 fully saturated rings. The molecule has 2 heteroatoms. The maximum atomic E-state index is 11.0. The lowest BCUT2D eigenvalue weighted by molar-refractivity contribution is -0.128. The second kappa shape index (κ2) is 3.96. The van der Waals surface area contributed by atoms with Crippen molar-refractivity contribution >= 4 is 16.7 Å². The number of ether oxygens (including phenoxy) is 1. The fourth-order valence-electron chi connectivity index (χ4n) is 1.31. The Morgan fingerprint density at radius 2 is 2.07 bits per heavy atom. The third-order valence-corrected chi connectivity index (χ3v) is 2.01. The average molecular weight is 197 g/mol. The van der Waals surface area contributed by atoms with Crippen LogP contribution in [0.3, 0.4) is 0 Å². The Morgan fingerprint density at radius 1 is 1.27 bits per heavy atom. The zero-order valence-corrected chi connectivity index (χ0v) is 8.07. The molecule has 1 radical (unpaired) electrons. The molecule has 0 N–H and O–H groups in total. The highest BCUT2D eigenvalue weighted by molar-refractivity contribution is 5.86. The molecule has 0 spiro atoms. The van der Waals surface area contributed by atoms with Gasteiger partial charge in [-0.1, -0.05) is 36.9 Å². The summed E-state index contributed by atoms with van der Waals surface area (Å²) in [6.07, 6.45) is 1.13. The Hall–Kier alpha value is -2.09. The van der Waals surface area contributed by atoms with E-state index >= 15 is 0 Å². The summed E-state index contributed by atoms with van der Waals surface area (Å²) >= 11 is 0. The predicted molar refractivity (Wildman–Crippen MR) is 58.6 cm³/mol. The highest BCUT2D eigenvalue weighted by atomic mass is 16.5. The fraction of sp³-hybridized carbons (Fsp3) is 0. The number of carbonyl (C=O) groups excluding carboxylic acids is 1. The SMILES string of the molecule is C=CC(=O)Oc1[c]c2ccccc2cc1. The van der Waals surface area contributed by atoms with E-state index in [9.17, 15) is 4.79 Å². The normalized spacial score (nSPS) is 9.87. The molecule has 0 saturated carbocycles. The molecule has 0 unspecified atom stereocenters. The summed E-state index contributed by atoms with van der Waals surface area (Å²) in [7, 11) is 0. The predicted octanol–water partition coefficient (Wildman–Crippen LogP) is 2.73. The van der Waals surface area contributed by atoms with Crippen LogP contribution < -0.4 is 4.74 Å². The zero-order valence-electron chi connectivity index (χ0n) is 8.07. The molecule has 0 aliphatic carbocycles. The summed E-state index contributed by atoms with van der Waals surface area (Å²) in [4.78, 5) is 11.0. The number of rotatable bonds is 2. The summed E-state index contributed by atoms with van der Waals surface area (Å²) in [5.74, 6) is -0.0554. The molecule has 0 saturated heterocycles. The van der Waals surface area contributed by atoms with Crippen LogP contribution in [-0.2, 0) is 4.79 Å². The van der Waals surface area contributed by atoms with Crippen molar-refractivity contribution in [3.63, 3.8) is 0 Å². The molecule has 0 amide bonds. The number of carbonyl (C=O) groups is 1. The first-order valence-electron chi connectivity index (χ1n) is 4.55. The first kappa shape index (κ1) is 9.46. The van der Waals surface area contributed by atoms with E-state index in [2.05, 4.69) is 12.6 Å². The monoisotopic (exact) mass is 197 g/mol. The first-order chi connectivity index (χ1) is 7.29. The molecule has 0 atom stereocenters. The quantitative estimate of drug-likeness (QED) is 0.420. The van der Waals surface area contributed by atoms with Crippen molar-refractivity contribution in [3.8, 4) is 5.75 Å². The first-order valence-corrected chi connectivity index (χ1v) is 4.55. The second-order valence-corrected chi connectivity index (χ2v) is 3.04. The lowest BCUT2D eigenvalue weighted by atomic mass is 10.1. The van der Waals surface area contributed by atoms with Crippen molar-refractivity contribution in [1.82, 2.24) is 0 Å². The Balaban J connectivity index is 2.38. The molecule has 0 aliphatic rings. The van der Waals surface area contributed by atoms with E-state index in [1.165, 1.54) is 0 Å². The summed E-state index contributed by atoms with van der Waals surface area (Å²) in [5, 5.41) is 1.99. The van der Waals surface area contributed by atoms with E-state index in [1.807, 2.05) is 30.3 Å². The third kappa shape index (κ3) is 2.05. The van der Waals surface area contributed by atoms with Crippen molar-refractivity contribution in [2.75, 3.05) is 0 Å². The van der Waals surface area contributed by atoms with Crippen molar-refractivity contribution in [3.05, 3.63) is 55.1 Å². The number of hydrogen-bond donors (Lipinski definition) is 0. The topological polar surface area (TPSA) is 26.3 Å². The van der Waals surface area contributed by atoms with Crippen LogP contribution in [0.15, 0.2) is 49.1 Å². The van der Waals surface area contributed by atoms with Gasteiger partial charge in [0.05, 0.1) is 0 Å². The zero-order chi connectivity index (χ0) is 10.7. The summed E-state index contributed by atoms with van der Waals surface area (Å²) in [6, 6.07) is 14.4. The van der Waals surface area contributed by atoms with Gasteiger partial charge in [-0.15, -0.1) is 0 Å². The van der Waals surface area contributed by atoms with Crippen LogP contribution in [0.5, 0.6) is 5.75 Å². The number of esters is 1. The lowest BCUT2D eigenvalue weighted by Gasteiger charge is -2.02. The Morgan fingerprint density at radius 3 is 2.87 bits per heavy atom. The highest BCUT2D eigenvalue weighted by Gasteiger charge is 2.00. The largest absolute Gasteiger partial charge is 0.423 e. The molecule has 2 nitrogen and oxygen atoms in total. The van der Waals surface area contributed by atoms with Crippen LogP contribution in [0.25, 0.3) is 10.8 Å². The maximum absolute atomic E-state index is 11.0. The standard InChI is InChI=1S/C13H9O2/c1-2-13(14)15-12-8-7-10-5-3-4-6-11(10)9-12/h2-8H,1H2. The van der Waals surface area contributed by atoms with Crippen LogP contribution in [0.2, 0.25) is 0 Å². The molecule has 2 aromatic rings. The van der Waals surface area contributed by atoms with Crippen molar-refractivity contribution in [2.45, 2.75) is 0 Å². The van der Waals surface area contributed by atoms with E-state index in [0.717, 1.165) is 16.8 Å². The molecule has 2 aromatic carbocycles. The van der Waals surface area contributed by atoms with Crippen molar-refractivity contribution < 1.29 is 9.53 Å². The fourth-order valence-corrected chi connectivity index (χ4v) is 1.31. The van der Waals surface area contributed by atoms with Crippen LogP contribution >= 0.6 is 0 Å². The van der Waals surface area contributed by atoms with Gasteiger partial charge >= 0.3 is 5.97 Å². The number of fused-ring (bicyclic) bond motifs is 1. The molecule has 0 aromatic heterocycles. The minimum Gasteiger partial charge on any atom is -0.423 e. The Bertz CT molecular complexity index is 515. The van der Waals surface area contributed by atoms with E-state index in [-0.39, 0.29) is 0 Å². The minimum atomic E-state index is -0.471. The van der Waals surface area contributed by atoms with Gasteiger partial charge in [0.25, 0.3) is 0 Å². The summed E-state index contributed by atoms with van der Waals surface area (Å²) in [5.41, 5.74) is 0. The Kier molecular flexibility index (Phi) is 2.50. The van der Waals surface area contributed by atoms with E-state index in [0.29, 0.717) is 5.75 Å². The molecular weight excluding hydrogens is 188 g/mol. The third-order valence-electron chi connectivity index (χ3n) is 2.01. The van der Waals surface area contributed by atoms with Gasteiger partial charge in [-0.05, 0) is 16.8 Å². The van der Waals surface area contributed by atoms with Gasteiger partial charge < -0.3 is 4.74 Å². The van der Waals surface area contributed by atoms with Crippen molar-refractivity contribution in [1.29, 1.82) is 0 Å². The van der Waals surface area contributed by atoms with E-state index in [4.69, 9.17) is 4.74 Å². The highest BCUT2D eigenvalue weighted by Crippen LogP contribution is 2.19. The number of benzene rings is 2. The van der Waals surface area contributed by atoms with Crippen LogP contribution in [0.1, 0.15) is 0 Å². The Labute approximate surface area is 87.8 Å². The number of hydrogen-bond acceptors (Lipinski definition) is 2. The van der Waals surface area contributed by atoms with Gasteiger partial charge in [-0.2, -0.15) is 0 Å². The lowest BCUT2D eigenvalue weighted by Crippen LogP contribution is -2.02. The van der Waals surface area contributed by atoms with Gasteiger partial charge in [0.15, 0.2) is 0 Å². The molecule has 15 heavy (non-hydrogen) atoms. The minimum absolute atomic E-state index is 0.415. The summed E-state index contributed by atoms with van der Waals surface area (Å²) in [6.45, 7) is 3.33. The van der Waals surface area contributed by atoms with E-state index < -0.39 is 5.97 Å². The molecule has 0 bridgehead atoms. The second-order valence-electron chi connectivity index (χ2n) is 3.04. The van der Waals surface area contributed by atoms with Crippen LogP contribution in [0.4, 0.5) is 0 Å². The molecule has 0 heterocycles. The van der Waals surface area contributed by atoms with Crippen LogP contribution in [0, 0.1) is 6.07 Å². The molecule has 2 rings (SSSR count). The van der Waals surface area contributed by atoms with Crippen LogP contribution in [-0.4, -0.2) is 5.97 Å². The van der Waals surface area contributed by atoms with Gasteiger partial charge in [0.2, 0.25) is 0 Å². The van der Waals surface area contributed by atoms with Gasteiger partial charge in [0.1, 0.15) is 5.75 Å².